The number of rotatable bonds is 2. The number of hydrogen-bond donors (Lipinski definition) is 1. The summed E-state index contributed by atoms with van der Waals surface area (Å²) < 4.78 is 6.58. The van der Waals surface area contributed by atoms with Gasteiger partial charge in [-0.3, -0.25) is 0 Å². The van der Waals surface area contributed by atoms with Crippen LogP contribution < -0.4 is 5.73 Å². The third-order valence-corrected chi connectivity index (χ3v) is 3.27. The van der Waals surface area contributed by atoms with Gasteiger partial charge in [0.25, 0.3) is 0 Å². The van der Waals surface area contributed by atoms with Crippen LogP contribution in [0.3, 0.4) is 0 Å². The zero-order valence-corrected chi connectivity index (χ0v) is 9.53. The van der Waals surface area contributed by atoms with Gasteiger partial charge in [-0.1, -0.05) is 28.1 Å². The summed E-state index contributed by atoms with van der Waals surface area (Å²) >= 11 is 3.48. The van der Waals surface area contributed by atoms with Crippen LogP contribution in [0.1, 0.15) is 11.5 Å². The van der Waals surface area contributed by atoms with E-state index in [1.54, 1.807) is 0 Å². The Hall–Kier alpha value is -0.380. The Kier molecular flexibility index (Phi) is 3.21. The lowest BCUT2D eigenvalue weighted by Gasteiger charge is -2.15. The van der Waals surface area contributed by atoms with Crippen LogP contribution in [-0.2, 0) is 4.74 Å². The van der Waals surface area contributed by atoms with Crippen molar-refractivity contribution in [3.63, 3.8) is 0 Å². The van der Waals surface area contributed by atoms with E-state index in [0.29, 0.717) is 18.4 Å². The summed E-state index contributed by atoms with van der Waals surface area (Å²) in [5, 5.41) is 0. The molecule has 76 valence electrons. The first-order valence-electron chi connectivity index (χ1n) is 4.84. The molecule has 1 aromatic carbocycles. The molecule has 1 aliphatic heterocycles. The van der Waals surface area contributed by atoms with Crippen LogP contribution in [0.25, 0.3) is 0 Å². The molecule has 0 saturated carbocycles. The van der Waals surface area contributed by atoms with Crippen molar-refractivity contribution in [2.24, 2.45) is 11.7 Å². The van der Waals surface area contributed by atoms with Gasteiger partial charge < -0.3 is 10.5 Å². The maximum Gasteiger partial charge on any atom is 0.0538 e. The van der Waals surface area contributed by atoms with Crippen LogP contribution in [0.2, 0.25) is 0 Å². The quantitative estimate of drug-likeness (QED) is 0.879. The Morgan fingerprint density at radius 1 is 1.43 bits per heavy atom. The van der Waals surface area contributed by atoms with Gasteiger partial charge in [-0.05, 0) is 24.2 Å². The van der Waals surface area contributed by atoms with E-state index in [4.69, 9.17) is 10.5 Å². The van der Waals surface area contributed by atoms with E-state index in [-0.39, 0.29) is 0 Å². The van der Waals surface area contributed by atoms with Gasteiger partial charge in [0.15, 0.2) is 0 Å². The van der Waals surface area contributed by atoms with Crippen LogP contribution in [0, 0.1) is 5.92 Å². The summed E-state index contributed by atoms with van der Waals surface area (Å²) in [6.45, 7) is 2.31. The Bertz CT molecular complexity index is 316. The number of nitrogens with two attached hydrogens (primary N) is 1. The summed E-state index contributed by atoms with van der Waals surface area (Å²) in [6.07, 6.45) is 0. The van der Waals surface area contributed by atoms with Crippen LogP contribution in [0.15, 0.2) is 28.7 Å². The minimum absolute atomic E-state index is 0.470. The van der Waals surface area contributed by atoms with Crippen molar-refractivity contribution in [1.82, 2.24) is 0 Å². The third-order valence-electron chi connectivity index (χ3n) is 2.78. The predicted molar refractivity (Wildman–Crippen MR) is 60.2 cm³/mol. The van der Waals surface area contributed by atoms with Crippen LogP contribution >= 0.6 is 15.9 Å². The second-order valence-electron chi connectivity index (χ2n) is 3.69. The predicted octanol–water partition coefficient (Wildman–Crippen LogP) is 2.14. The summed E-state index contributed by atoms with van der Waals surface area (Å²) in [4.78, 5) is 0. The van der Waals surface area contributed by atoms with Gasteiger partial charge in [0, 0.05) is 16.3 Å². The molecule has 2 rings (SSSR count). The number of ether oxygens (including phenoxy) is 1. The lowest BCUT2D eigenvalue weighted by atomic mass is 9.89. The standard InChI is InChI=1S/C11H14BrNO/c12-10-3-1-2-8(4-10)11-7-14-6-9(11)5-13/h1-4,9,11H,5-7,13H2. The summed E-state index contributed by atoms with van der Waals surface area (Å²) in [5.74, 6) is 0.946. The molecule has 0 bridgehead atoms. The van der Waals surface area contributed by atoms with E-state index in [9.17, 15) is 0 Å². The molecule has 0 radical (unpaired) electrons. The summed E-state index contributed by atoms with van der Waals surface area (Å²) in [5.41, 5.74) is 7.03. The maximum absolute atomic E-state index is 5.71. The molecule has 0 aliphatic carbocycles. The Morgan fingerprint density at radius 3 is 3.00 bits per heavy atom. The average molecular weight is 256 g/mol. The zero-order chi connectivity index (χ0) is 9.97. The average Bonchev–Trinajstić information content (AvgIpc) is 2.65. The maximum atomic E-state index is 5.71. The van der Waals surface area contributed by atoms with Gasteiger partial charge >= 0.3 is 0 Å². The van der Waals surface area contributed by atoms with E-state index in [2.05, 4.69) is 34.1 Å². The fraction of sp³-hybridized carbons (Fsp3) is 0.455. The Labute approximate surface area is 92.6 Å². The largest absolute Gasteiger partial charge is 0.380 e. The molecule has 2 atom stereocenters. The minimum Gasteiger partial charge on any atom is -0.380 e. The topological polar surface area (TPSA) is 35.2 Å². The lowest BCUT2D eigenvalue weighted by Crippen LogP contribution is -2.20. The van der Waals surface area contributed by atoms with Crippen LogP contribution in [0.5, 0.6) is 0 Å². The van der Waals surface area contributed by atoms with E-state index in [1.807, 2.05) is 6.07 Å². The second kappa shape index (κ2) is 4.43. The molecular weight excluding hydrogens is 242 g/mol. The van der Waals surface area contributed by atoms with E-state index in [0.717, 1.165) is 17.7 Å². The van der Waals surface area contributed by atoms with Gasteiger partial charge in [-0.25, -0.2) is 0 Å². The molecule has 0 aromatic heterocycles. The fourth-order valence-electron chi connectivity index (χ4n) is 1.94. The third kappa shape index (κ3) is 2.00. The molecule has 14 heavy (non-hydrogen) atoms. The normalized spacial score (nSPS) is 26.7. The molecule has 1 saturated heterocycles. The highest BCUT2D eigenvalue weighted by atomic mass is 79.9. The second-order valence-corrected chi connectivity index (χ2v) is 4.61. The molecule has 2 unspecified atom stereocenters. The molecule has 0 amide bonds. The highest BCUT2D eigenvalue weighted by Crippen LogP contribution is 2.31. The van der Waals surface area contributed by atoms with Gasteiger partial charge in [-0.15, -0.1) is 0 Å². The number of halogens is 1. The number of benzene rings is 1. The summed E-state index contributed by atoms with van der Waals surface area (Å²) in [6, 6.07) is 8.40. The first-order valence-corrected chi connectivity index (χ1v) is 5.64. The first kappa shape index (κ1) is 10.1. The lowest BCUT2D eigenvalue weighted by molar-refractivity contribution is 0.185. The molecular formula is C11H14BrNO. The van der Waals surface area contributed by atoms with Gasteiger partial charge in [0.05, 0.1) is 13.2 Å². The van der Waals surface area contributed by atoms with Crippen molar-refractivity contribution in [3.05, 3.63) is 34.3 Å². The monoisotopic (exact) mass is 255 g/mol. The molecule has 2 N–H and O–H groups in total. The van der Waals surface area contributed by atoms with Gasteiger partial charge in [0.2, 0.25) is 0 Å². The van der Waals surface area contributed by atoms with E-state index >= 15 is 0 Å². The highest BCUT2D eigenvalue weighted by molar-refractivity contribution is 9.10. The minimum atomic E-state index is 0.470. The number of hydrogen-bond acceptors (Lipinski definition) is 2. The van der Waals surface area contributed by atoms with Crippen LogP contribution in [0.4, 0.5) is 0 Å². The van der Waals surface area contributed by atoms with Crippen molar-refractivity contribution in [2.75, 3.05) is 19.8 Å². The SMILES string of the molecule is NCC1COCC1c1cccc(Br)c1. The molecule has 1 aromatic rings. The van der Waals surface area contributed by atoms with E-state index < -0.39 is 0 Å². The smallest absolute Gasteiger partial charge is 0.0538 e. The van der Waals surface area contributed by atoms with Crippen molar-refractivity contribution in [3.8, 4) is 0 Å². The van der Waals surface area contributed by atoms with Crippen LogP contribution in [-0.4, -0.2) is 19.8 Å². The van der Waals surface area contributed by atoms with E-state index in [1.165, 1.54) is 5.56 Å². The zero-order valence-electron chi connectivity index (χ0n) is 7.95. The first-order chi connectivity index (χ1) is 6.81. The van der Waals surface area contributed by atoms with Crippen molar-refractivity contribution < 1.29 is 4.74 Å². The van der Waals surface area contributed by atoms with Gasteiger partial charge in [0.1, 0.15) is 0 Å². The van der Waals surface area contributed by atoms with Crippen molar-refractivity contribution >= 4 is 15.9 Å². The van der Waals surface area contributed by atoms with Crippen molar-refractivity contribution in [1.29, 1.82) is 0 Å². The molecule has 1 fully saturated rings. The van der Waals surface area contributed by atoms with Crippen molar-refractivity contribution in [2.45, 2.75) is 5.92 Å². The highest BCUT2D eigenvalue weighted by Gasteiger charge is 2.28. The molecule has 0 spiro atoms. The molecule has 3 heteroatoms. The van der Waals surface area contributed by atoms with Gasteiger partial charge in [-0.2, -0.15) is 0 Å². The summed E-state index contributed by atoms with van der Waals surface area (Å²) in [7, 11) is 0. The Morgan fingerprint density at radius 2 is 2.29 bits per heavy atom. The molecule has 1 aliphatic rings. The fourth-order valence-corrected chi connectivity index (χ4v) is 2.35. The Balaban J connectivity index is 2.21. The molecule has 1 heterocycles. The molecule has 2 nitrogen and oxygen atoms in total.